The zero-order valence-corrected chi connectivity index (χ0v) is 9.86. The van der Waals surface area contributed by atoms with Gasteiger partial charge in [-0.2, -0.15) is 5.10 Å². The molecule has 8 nitrogen and oxygen atoms in total. The Bertz CT molecular complexity index is 402. The molecular formula is C9H16N6O2. The fourth-order valence-corrected chi connectivity index (χ4v) is 1.18. The lowest BCUT2D eigenvalue weighted by molar-refractivity contribution is -0.145. The van der Waals surface area contributed by atoms with Gasteiger partial charge in [0.25, 0.3) is 0 Å². The van der Waals surface area contributed by atoms with Crippen LogP contribution in [0, 0.1) is 6.92 Å². The molecule has 1 aromatic heterocycles. The highest BCUT2D eigenvalue weighted by molar-refractivity contribution is 6.34. The molecule has 94 valence electrons. The number of carbonyl (C=O) groups excluding carboxylic acids is 2. The summed E-state index contributed by atoms with van der Waals surface area (Å²) in [5.74, 6) is -0.190. The van der Waals surface area contributed by atoms with Gasteiger partial charge in [0.15, 0.2) is 5.82 Å². The summed E-state index contributed by atoms with van der Waals surface area (Å²) in [6, 6.07) is 0. The van der Waals surface area contributed by atoms with Crippen molar-refractivity contribution in [2.45, 2.75) is 13.5 Å². The highest BCUT2D eigenvalue weighted by Gasteiger charge is 2.19. The minimum atomic E-state index is -0.676. The molecule has 0 atom stereocenters. The molecule has 2 amide bonds. The van der Waals surface area contributed by atoms with Crippen molar-refractivity contribution in [1.82, 2.24) is 25.4 Å². The Labute approximate surface area is 98.6 Å². The van der Waals surface area contributed by atoms with Crippen molar-refractivity contribution >= 4 is 11.8 Å². The highest BCUT2D eigenvalue weighted by Crippen LogP contribution is 1.97. The molecule has 0 saturated heterocycles. The van der Waals surface area contributed by atoms with Crippen LogP contribution in [0.3, 0.4) is 0 Å². The molecule has 0 radical (unpaired) electrons. The first kappa shape index (κ1) is 13.1. The van der Waals surface area contributed by atoms with Gasteiger partial charge in [-0.25, -0.2) is 4.98 Å². The van der Waals surface area contributed by atoms with E-state index in [0.717, 1.165) is 0 Å². The lowest BCUT2D eigenvalue weighted by Gasteiger charge is -2.14. The average molecular weight is 240 g/mol. The van der Waals surface area contributed by atoms with E-state index in [1.807, 2.05) is 0 Å². The van der Waals surface area contributed by atoms with Crippen molar-refractivity contribution in [2.24, 2.45) is 5.73 Å². The van der Waals surface area contributed by atoms with E-state index >= 15 is 0 Å². The number of aromatic amines is 1. The van der Waals surface area contributed by atoms with E-state index < -0.39 is 11.8 Å². The molecule has 17 heavy (non-hydrogen) atoms. The lowest BCUT2D eigenvalue weighted by atomic mass is 10.4. The third-order valence-corrected chi connectivity index (χ3v) is 1.99. The van der Waals surface area contributed by atoms with Gasteiger partial charge >= 0.3 is 11.8 Å². The van der Waals surface area contributed by atoms with E-state index in [1.165, 1.54) is 11.9 Å². The smallest absolute Gasteiger partial charge is 0.312 e. The molecule has 0 bridgehead atoms. The van der Waals surface area contributed by atoms with E-state index in [1.54, 1.807) is 6.92 Å². The molecule has 0 spiro atoms. The molecule has 0 aliphatic rings. The summed E-state index contributed by atoms with van der Waals surface area (Å²) in [5, 5.41) is 8.94. The summed E-state index contributed by atoms with van der Waals surface area (Å²) in [6.45, 7) is 2.51. The van der Waals surface area contributed by atoms with Crippen molar-refractivity contribution in [1.29, 1.82) is 0 Å². The van der Waals surface area contributed by atoms with Crippen molar-refractivity contribution in [3.05, 3.63) is 11.6 Å². The van der Waals surface area contributed by atoms with Crippen LogP contribution in [0.1, 0.15) is 11.6 Å². The number of hydrogen-bond donors (Lipinski definition) is 3. The Hall–Kier alpha value is -1.96. The third kappa shape index (κ3) is 3.83. The molecule has 0 fully saturated rings. The fraction of sp³-hybridized carbons (Fsp3) is 0.556. The van der Waals surface area contributed by atoms with Crippen molar-refractivity contribution < 1.29 is 9.59 Å². The molecule has 8 heteroatoms. The predicted molar refractivity (Wildman–Crippen MR) is 59.7 cm³/mol. The number of nitrogens with one attached hydrogen (secondary N) is 2. The van der Waals surface area contributed by atoms with Crippen LogP contribution in [0.15, 0.2) is 0 Å². The summed E-state index contributed by atoms with van der Waals surface area (Å²) in [4.78, 5) is 28.2. The first-order valence-corrected chi connectivity index (χ1v) is 5.16. The quantitative estimate of drug-likeness (QED) is 0.534. The van der Waals surface area contributed by atoms with E-state index in [9.17, 15) is 9.59 Å². The monoisotopic (exact) mass is 240 g/mol. The Morgan fingerprint density at radius 2 is 2.24 bits per heavy atom. The van der Waals surface area contributed by atoms with Gasteiger partial charge in [0.05, 0.1) is 6.54 Å². The van der Waals surface area contributed by atoms with Crippen molar-refractivity contribution in [3.8, 4) is 0 Å². The van der Waals surface area contributed by atoms with Crippen LogP contribution in [-0.2, 0) is 16.1 Å². The van der Waals surface area contributed by atoms with Gasteiger partial charge in [-0.15, -0.1) is 0 Å². The van der Waals surface area contributed by atoms with Crippen molar-refractivity contribution in [3.63, 3.8) is 0 Å². The van der Waals surface area contributed by atoms with Gasteiger partial charge in [0, 0.05) is 20.1 Å². The molecule has 0 unspecified atom stereocenters. The largest absolute Gasteiger partial charge is 0.347 e. The Kier molecular flexibility index (Phi) is 4.58. The molecule has 1 heterocycles. The number of likely N-dealkylation sites (N-methyl/N-ethyl adjacent to an activating group) is 1. The van der Waals surface area contributed by atoms with Gasteiger partial charge in [-0.05, 0) is 6.92 Å². The summed E-state index contributed by atoms with van der Waals surface area (Å²) in [7, 11) is 1.51. The van der Waals surface area contributed by atoms with Crippen LogP contribution in [0.25, 0.3) is 0 Å². The first-order chi connectivity index (χ1) is 8.04. The molecule has 1 aromatic rings. The number of H-pyrrole nitrogens is 1. The van der Waals surface area contributed by atoms with Crippen LogP contribution < -0.4 is 11.1 Å². The SMILES string of the molecule is Cc1nc(CN(C)C(=O)C(=O)NCCN)n[nH]1. The van der Waals surface area contributed by atoms with E-state index in [4.69, 9.17) is 5.73 Å². The second-order valence-electron chi connectivity index (χ2n) is 3.54. The summed E-state index contributed by atoms with van der Waals surface area (Å²) in [6.07, 6.45) is 0. The maximum absolute atomic E-state index is 11.6. The number of rotatable bonds is 4. The number of nitrogens with two attached hydrogens (primary N) is 1. The zero-order valence-electron chi connectivity index (χ0n) is 9.86. The summed E-state index contributed by atoms with van der Waals surface area (Å²) in [5.41, 5.74) is 5.22. The second kappa shape index (κ2) is 5.94. The van der Waals surface area contributed by atoms with E-state index in [-0.39, 0.29) is 13.1 Å². The van der Waals surface area contributed by atoms with Gasteiger partial charge in [-0.1, -0.05) is 0 Å². The number of amides is 2. The molecule has 0 aromatic carbocycles. The summed E-state index contributed by atoms with van der Waals surface area (Å²) >= 11 is 0. The summed E-state index contributed by atoms with van der Waals surface area (Å²) < 4.78 is 0. The Balaban J connectivity index is 2.49. The normalized spacial score (nSPS) is 10.1. The third-order valence-electron chi connectivity index (χ3n) is 1.99. The molecule has 4 N–H and O–H groups in total. The number of aryl methyl sites for hydroxylation is 1. The van der Waals surface area contributed by atoms with Crippen molar-refractivity contribution in [2.75, 3.05) is 20.1 Å². The van der Waals surface area contributed by atoms with Gasteiger partial charge in [0.1, 0.15) is 5.82 Å². The minimum absolute atomic E-state index is 0.180. The fourth-order valence-electron chi connectivity index (χ4n) is 1.18. The van der Waals surface area contributed by atoms with Crippen LogP contribution >= 0.6 is 0 Å². The van der Waals surface area contributed by atoms with Gasteiger partial charge < -0.3 is 16.0 Å². The second-order valence-corrected chi connectivity index (χ2v) is 3.54. The molecular weight excluding hydrogens is 224 g/mol. The van der Waals surface area contributed by atoms with E-state index in [2.05, 4.69) is 20.5 Å². The van der Waals surface area contributed by atoms with Gasteiger partial charge in [0.2, 0.25) is 0 Å². The number of nitrogens with zero attached hydrogens (tertiary/aromatic N) is 3. The predicted octanol–water partition coefficient (Wildman–Crippen LogP) is -1.85. The van der Waals surface area contributed by atoms with Crippen LogP contribution in [0.4, 0.5) is 0 Å². The average Bonchev–Trinajstić information content (AvgIpc) is 2.70. The molecule has 0 aliphatic carbocycles. The molecule has 0 aliphatic heterocycles. The lowest BCUT2D eigenvalue weighted by Crippen LogP contribution is -2.42. The highest BCUT2D eigenvalue weighted by atomic mass is 16.2. The van der Waals surface area contributed by atoms with Crippen LogP contribution in [-0.4, -0.2) is 52.0 Å². The molecule has 0 saturated carbocycles. The zero-order chi connectivity index (χ0) is 12.8. The minimum Gasteiger partial charge on any atom is -0.347 e. The first-order valence-electron chi connectivity index (χ1n) is 5.16. The Morgan fingerprint density at radius 3 is 2.76 bits per heavy atom. The topological polar surface area (TPSA) is 117 Å². The standard InChI is InChI=1S/C9H16N6O2/c1-6-12-7(14-13-6)5-15(2)9(17)8(16)11-4-3-10/h3-5,10H2,1-2H3,(H,11,16)(H,12,13,14). The number of carbonyl (C=O) groups is 2. The Morgan fingerprint density at radius 1 is 1.53 bits per heavy atom. The van der Waals surface area contributed by atoms with Crippen LogP contribution in [0.2, 0.25) is 0 Å². The maximum Gasteiger partial charge on any atom is 0.312 e. The number of aromatic nitrogens is 3. The molecule has 1 rings (SSSR count). The van der Waals surface area contributed by atoms with E-state index in [0.29, 0.717) is 18.2 Å². The van der Waals surface area contributed by atoms with Gasteiger partial charge in [-0.3, -0.25) is 14.7 Å². The maximum atomic E-state index is 11.6. The number of hydrogen-bond acceptors (Lipinski definition) is 5. The van der Waals surface area contributed by atoms with Crippen LogP contribution in [0.5, 0.6) is 0 Å².